The summed E-state index contributed by atoms with van der Waals surface area (Å²) in [6.45, 7) is 4.80. The molecule has 1 aliphatic rings. The molecule has 0 spiro atoms. The molecule has 0 fully saturated rings. The molecule has 15 heavy (non-hydrogen) atoms. The Hall–Kier alpha value is -1.22. The van der Waals surface area contributed by atoms with Gasteiger partial charge in [0.25, 0.3) is 0 Å². The minimum absolute atomic E-state index is 0.596. The van der Waals surface area contributed by atoms with Gasteiger partial charge in [0.15, 0.2) is 11.5 Å². The summed E-state index contributed by atoms with van der Waals surface area (Å²) in [6.07, 6.45) is 0.615. The Balaban J connectivity index is 2.21. The van der Waals surface area contributed by atoms with Gasteiger partial charge in [-0.2, -0.15) is 0 Å². The first-order chi connectivity index (χ1) is 7.04. The molecule has 1 aliphatic heterocycles. The molecule has 0 unspecified atom stereocenters. The third-order valence-corrected chi connectivity index (χ3v) is 2.24. The molecule has 1 aromatic rings. The Kier molecular flexibility index (Phi) is 2.57. The summed E-state index contributed by atoms with van der Waals surface area (Å²) in [7, 11) is 0. The average Bonchev–Trinajstić information content (AvgIpc) is 2.15. The van der Waals surface area contributed by atoms with Crippen molar-refractivity contribution in [3.63, 3.8) is 0 Å². The zero-order chi connectivity index (χ0) is 10.9. The van der Waals surface area contributed by atoms with E-state index in [2.05, 4.69) is 0 Å². The summed E-state index contributed by atoms with van der Waals surface area (Å²) in [5.41, 5.74) is 0.371. The second kappa shape index (κ2) is 3.74. The first kappa shape index (κ1) is 10.3. The maximum atomic E-state index is 9.70. The van der Waals surface area contributed by atoms with Gasteiger partial charge in [-0.15, -0.1) is 0 Å². The zero-order valence-electron chi connectivity index (χ0n) is 9.12. The van der Waals surface area contributed by atoms with Gasteiger partial charge < -0.3 is 14.6 Å². The van der Waals surface area contributed by atoms with Crippen molar-refractivity contribution < 1.29 is 14.6 Å². The molecular formula is C12H16O3. The van der Waals surface area contributed by atoms with Crippen LogP contribution in [0, 0.1) is 0 Å². The van der Waals surface area contributed by atoms with E-state index in [0.717, 1.165) is 17.1 Å². The minimum Gasteiger partial charge on any atom is -0.486 e. The molecule has 3 heteroatoms. The largest absolute Gasteiger partial charge is 0.486 e. The van der Waals surface area contributed by atoms with E-state index < -0.39 is 5.60 Å². The number of aliphatic hydroxyl groups is 1. The number of fused-ring (bicyclic) bond motifs is 1. The molecule has 0 amide bonds. The standard InChI is InChI=1S/C12H16O3/c1-12(2,13)8-9-3-4-10-11(7-9)15-6-5-14-10/h3-4,7,13H,5-6,8H2,1-2H3. The quantitative estimate of drug-likeness (QED) is 0.805. The summed E-state index contributed by atoms with van der Waals surface area (Å²) < 4.78 is 10.9. The van der Waals surface area contributed by atoms with Gasteiger partial charge >= 0.3 is 0 Å². The molecule has 0 saturated heterocycles. The molecule has 2 rings (SSSR count). The SMILES string of the molecule is CC(C)(O)Cc1ccc2c(c1)OCCO2. The summed E-state index contributed by atoms with van der Waals surface area (Å²) in [5, 5.41) is 9.70. The molecule has 0 saturated carbocycles. The fourth-order valence-electron chi connectivity index (χ4n) is 1.70. The van der Waals surface area contributed by atoms with E-state index in [4.69, 9.17) is 9.47 Å². The Morgan fingerprint density at radius 1 is 1.20 bits per heavy atom. The zero-order valence-corrected chi connectivity index (χ0v) is 9.12. The van der Waals surface area contributed by atoms with Crippen LogP contribution in [-0.4, -0.2) is 23.9 Å². The molecule has 1 heterocycles. The lowest BCUT2D eigenvalue weighted by molar-refractivity contribution is 0.0808. The monoisotopic (exact) mass is 208 g/mol. The maximum absolute atomic E-state index is 9.70. The topological polar surface area (TPSA) is 38.7 Å². The van der Waals surface area contributed by atoms with Crippen LogP contribution in [0.2, 0.25) is 0 Å². The summed E-state index contributed by atoms with van der Waals surface area (Å²) in [5.74, 6) is 1.57. The van der Waals surface area contributed by atoms with Crippen LogP contribution in [0.25, 0.3) is 0 Å². The summed E-state index contributed by atoms with van der Waals surface area (Å²) in [6, 6.07) is 5.80. The van der Waals surface area contributed by atoms with Crippen LogP contribution in [0.3, 0.4) is 0 Å². The molecule has 1 N–H and O–H groups in total. The van der Waals surface area contributed by atoms with E-state index in [-0.39, 0.29) is 0 Å². The second-order valence-corrected chi connectivity index (χ2v) is 4.47. The summed E-state index contributed by atoms with van der Waals surface area (Å²) in [4.78, 5) is 0. The van der Waals surface area contributed by atoms with Crippen LogP contribution in [-0.2, 0) is 6.42 Å². The lowest BCUT2D eigenvalue weighted by Gasteiger charge is -2.21. The van der Waals surface area contributed by atoms with Gasteiger partial charge in [-0.3, -0.25) is 0 Å². The van der Waals surface area contributed by atoms with Crippen LogP contribution in [0.5, 0.6) is 11.5 Å². The van der Waals surface area contributed by atoms with Crippen molar-refractivity contribution in [2.45, 2.75) is 25.9 Å². The molecule has 3 nitrogen and oxygen atoms in total. The third kappa shape index (κ3) is 2.63. The number of ether oxygens (including phenoxy) is 2. The third-order valence-electron chi connectivity index (χ3n) is 2.24. The van der Waals surface area contributed by atoms with E-state index in [1.54, 1.807) is 13.8 Å². The van der Waals surface area contributed by atoms with Crippen molar-refractivity contribution in [3.8, 4) is 11.5 Å². The fourth-order valence-corrected chi connectivity index (χ4v) is 1.70. The molecule has 0 atom stereocenters. The number of hydrogen-bond donors (Lipinski definition) is 1. The van der Waals surface area contributed by atoms with Crippen LogP contribution < -0.4 is 9.47 Å². The van der Waals surface area contributed by atoms with E-state index >= 15 is 0 Å². The smallest absolute Gasteiger partial charge is 0.161 e. The van der Waals surface area contributed by atoms with E-state index in [9.17, 15) is 5.11 Å². The Morgan fingerprint density at radius 2 is 1.87 bits per heavy atom. The Labute approximate surface area is 89.6 Å². The number of benzene rings is 1. The molecule has 0 aromatic heterocycles. The highest BCUT2D eigenvalue weighted by molar-refractivity contribution is 5.44. The van der Waals surface area contributed by atoms with Crippen molar-refractivity contribution in [2.75, 3.05) is 13.2 Å². The highest BCUT2D eigenvalue weighted by Gasteiger charge is 2.16. The Bertz CT molecular complexity index is 352. The lowest BCUT2D eigenvalue weighted by atomic mass is 9.98. The van der Waals surface area contributed by atoms with Crippen LogP contribution in [0.1, 0.15) is 19.4 Å². The predicted molar refractivity (Wildman–Crippen MR) is 57.4 cm³/mol. The van der Waals surface area contributed by atoms with E-state index in [1.165, 1.54) is 0 Å². The van der Waals surface area contributed by atoms with Crippen molar-refractivity contribution in [1.29, 1.82) is 0 Å². The predicted octanol–water partition coefficient (Wildman–Crippen LogP) is 1.77. The van der Waals surface area contributed by atoms with Gasteiger partial charge in [0.2, 0.25) is 0 Å². The van der Waals surface area contributed by atoms with Crippen molar-refractivity contribution >= 4 is 0 Å². The van der Waals surface area contributed by atoms with Crippen LogP contribution >= 0.6 is 0 Å². The first-order valence-electron chi connectivity index (χ1n) is 5.15. The Morgan fingerprint density at radius 3 is 2.53 bits per heavy atom. The maximum Gasteiger partial charge on any atom is 0.161 e. The van der Waals surface area contributed by atoms with E-state index in [0.29, 0.717) is 19.6 Å². The van der Waals surface area contributed by atoms with Gasteiger partial charge in [0.05, 0.1) is 5.60 Å². The van der Waals surface area contributed by atoms with Crippen molar-refractivity contribution in [2.24, 2.45) is 0 Å². The minimum atomic E-state index is -0.691. The molecular weight excluding hydrogens is 192 g/mol. The molecule has 82 valence electrons. The average molecular weight is 208 g/mol. The number of hydrogen-bond acceptors (Lipinski definition) is 3. The fraction of sp³-hybridized carbons (Fsp3) is 0.500. The van der Waals surface area contributed by atoms with Gasteiger partial charge in [0.1, 0.15) is 13.2 Å². The van der Waals surface area contributed by atoms with Gasteiger partial charge in [-0.05, 0) is 31.5 Å². The molecule has 1 aromatic carbocycles. The molecule has 0 radical (unpaired) electrons. The van der Waals surface area contributed by atoms with Crippen LogP contribution in [0.15, 0.2) is 18.2 Å². The lowest BCUT2D eigenvalue weighted by Crippen LogP contribution is -2.22. The van der Waals surface area contributed by atoms with Crippen molar-refractivity contribution in [3.05, 3.63) is 23.8 Å². The normalized spacial score (nSPS) is 15.1. The van der Waals surface area contributed by atoms with Gasteiger partial charge in [-0.25, -0.2) is 0 Å². The molecule has 0 bridgehead atoms. The number of rotatable bonds is 2. The summed E-state index contributed by atoms with van der Waals surface area (Å²) >= 11 is 0. The van der Waals surface area contributed by atoms with Gasteiger partial charge in [0, 0.05) is 6.42 Å². The highest BCUT2D eigenvalue weighted by Crippen LogP contribution is 2.31. The highest BCUT2D eigenvalue weighted by atomic mass is 16.6. The van der Waals surface area contributed by atoms with Crippen LogP contribution in [0.4, 0.5) is 0 Å². The molecule has 0 aliphatic carbocycles. The first-order valence-corrected chi connectivity index (χ1v) is 5.15. The van der Waals surface area contributed by atoms with Crippen molar-refractivity contribution in [1.82, 2.24) is 0 Å². The second-order valence-electron chi connectivity index (χ2n) is 4.47. The van der Waals surface area contributed by atoms with E-state index in [1.807, 2.05) is 18.2 Å². The van der Waals surface area contributed by atoms with Gasteiger partial charge in [-0.1, -0.05) is 6.07 Å².